The van der Waals surface area contributed by atoms with E-state index in [1.165, 1.54) is 11.1 Å². The van der Waals surface area contributed by atoms with Crippen molar-refractivity contribution in [3.05, 3.63) is 58.7 Å². The third kappa shape index (κ3) is 5.18. The van der Waals surface area contributed by atoms with Crippen molar-refractivity contribution in [3.8, 4) is 0 Å². The number of carbonyl (C=O) groups excluding carboxylic acids is 1. The van der Waals surface area contributed by atoms with E-state index < -0.39 is 6.10 Å². The van der Waals surface area contributed by atoms with Crippen LogP contribution >= 0.6 is 0 Å². The minimum atomic E-state index is -0.626. The molecule has 1 atom stereocenters. The molecular formula is C22H28N4O3. The molecule has 1 aromatic carbocycles. The number of amides is 1. The topological polar surface area (TPSA) is 87.6 Å². The molecule has 1 amide bonds. The molecule has 2 aromatic rings. The molecule has 1 saturated heterocycles. The van der Waals surface area contributed by atoms with Crippen LogP contribution in [0.5, 0.6) is 0 Å². The number of nitrogens with one attached hydrogen (secondary N) is 1. The third-order valence-corrected chi connectivity index (χ3v) is 5.51. The van der Waals surface area contributed by atoms with Crippen molar-refractivity contribution in [2.24, 2.45) is 5.92 Å². The van der Waals surface area contributed by atoms with Crippen LogP contribution in [-0.4, -0.2) is 64.8 Å². The van der Waals surface area contributed by atoms with Crippen LogP contribution in [0.15, 0.2) is 30.3 Å². The van der Waals surface area contributed by atoms with Gasteiger partial charge in [-0.2, -0.15) is 0 Å². The number of carbonyl (C=O) groups is 1. The van der Waals surface area contributed by atoms with E-state index in [1.807, 2.05) is 0 Å². The molecule has 0 saturated carbocycles. The molecule has 0 radical (unpaired) electrons. The number of ether oxygens (including phenoxy) is 1. The van der Waals surface area contributed by atoms with Crippen molar-refractivity contribution in [3.63, 3.8) is 0 Å². The van der Waals surface area contributed by atoms with Gasteiger partial charge in [-0.1, -0.05) is 24.3 Å². The number of benzene rings is 1. The van der Waals surface area contributed by atoms with Gasteiger partial charge in [-0.05, 0) is 37.0 Å². The number of rotatable bonds is 7. The second-order valence-electron chi connectivity index (χ2n) is 8.02. The predicted molar refractivity (Wildman–Crippen MR) is 109 cm³/mol. The van der Waals surface area contributed by atoms with Gasteiger partial charge in [-0.15, -0.1) is 0 Å². The van der Waals surface area contributed by atoms with Crippen LogP contribution in [0.2, 0.25) is 0 Å². The first-order chi connectivity index (χ1) is 14.1. The number of aromatic nitrogens is 2. The Balaban J connectivity index is 1.28. The molecule has 1 fully saturated rings. The van der Waals surface area contributed by atoms with Crippen LogP contribution < -0.4 is 5.32 Å². The fourth-order valence-electron chi connectivity index (χ4n) is 3.92. The van der Waals surface area contributed by atoms with Crippen molar-refractivity contribution in [1.82, 2.24) is 20.2 Å². The van der Waals surface area contributed by atoms with Crippen LogP contribution in [0.4, 0.5) is 0 Å². The number of hydrogen-bond donors (Lipinski definition) is 2. The zero-order chi connectivity index (χ0) is 20.2. The van der Waals surface area contributed by atoms with E-state index in [9.17, 15) is 9.90 Å². The Hall–Kier alpha value is -2.35. The van der Waals surface area contributed by atoms with Crippen molar-refractivity contribution in [2.45, 2.75) is 32.4 Å². The Morgan fingerprint density at radius 1 is 1.31 bits per heavy atom. The number of aliphatic hydroxyl groups is 1. The van der Waals surface area contributed by atoms with Crippen LogP contribution in [0.25, 0.3) is 0 Å². The van der Waals surface area contributed by atoms with E-state index in [2.05, 4.69) is 44.5 Å². The summed E-state index contributed by atoms with van der Waals surface area (Å²) >= 11 is 0. The van der Waals surface area contributed by atoms with E-state index in [0.29, 0.717) is 24.0 Å². The lowest BCUT2D eigenvalue weighted by Gasteiger charge is -2.30. The molecule has 1 aromatic heterocycles. The number of aliphatic hydroxyl groups excluding tert-OH is 1. The first kappa shape index (κ1) is 19.9. The molecular weight excluding hydrogens is 368 g/mol. The van der Waals surface area contributed by atoms with Gasteiger partial charge in [0.15, 0.2) is 0 Å². The molecule has 2 aliphatic heterocycles. The van der Waals surface area contributed by atoms with Crippen molar-refractivity contribution < 1.29 is 14.6 Å². The highest BCUT2D eigenvalue weighted by atomic mass is 16.5. The summed E-state index contributed by atoms with van der Waals surface area (Å²) in [6.07, 6.45) is 1.16. The maximum atomic E-state index is 12.5. The fraction of sp³-hybridized carbons (Fsp3) is 0.500. The molecule has 4 rings (SSSR count). The summed E-state index contributed by atoms with van der Waals surface area (Å²) in [6.45, 7) is 5.77. The summed E-state index contributed by atoms with van der Waals surface area (Å²) in [7, 11) is 0. The first-order valence-electron chi connectivity index (χ1n) is 10.2. The Kier molecular flexibility index (Phi) is 6.18. The van der Waals surface area contributed by atoms with E-state index in [4.69, 9.17) is 4.74 Å². The van der Waals surface area contributed by atoms with Crippen LogP contribution in [0.3, 0.4) is 0 Å². The summed E-state index contributed by atoms with van der Waals surface area (Å²) in [5, 5.41) is 13.2. The maximum Gasteiger partial charge on any atom is 0.270 e. The molecule has 2 N–H and O–H groups in total. The summed E-state index contributed by atoms with van der Waals surface area (Å²) in [4.78, 5) is 23.4. The van der Waals surface area contributed by atoms with Gasteiger partial charge in [0.25, 0.3) is 5.91 Å². The minimum absolute atomic E-state index is 0.200. The van der Waals surface area contributed by atoms with Gasteiger partial charge in [-0.25, -0.2) is 9.97 Å². The number of β-amino-alcohol motifs (C(OH)–C–C–N with tert-alkyl or cyclic N) is 1. The monoisotopic (exact) mass is 396 g/mol. The molecule has 7 nitrogen and oxygen atoms in total. The van der Waals surface area contributed by atoms with Gasteiger partial charge in [0.05, 0.1) is 19.3 Å². The molecule has 0 spiro atoms. The van der Waals surface area contributed by atoms with Gasteiger partial charge in [0, 0.05) is 37.8 Å². The lowest BCUT2D eigenvalue weighted by atomic mass is 10.00. The summed E-state index contributed by atoms with van der Waals surface area (Å²) in [6, 6.07) is 10.2. The standard InChI is InChI=1S/C22H28N4O3/c1-15-24-19(8-16-13-29-14-16)9-21(25-15)22(28)23-10-20(27)12-26-7-6-17-4-2-3-5-18(17)11-26/h2-5,9,16,20,27H,6-8,10-14H2,1H3,(H,23,28)/t20-/m0/s1. The Morgan fingerprint density at radius 2 is 2.10 bits per heavy atom. The van der Waals surface area contributed by atoms with Gasteiger partial charge in [-0.3, -0.25) is 9.69 Å². The number of fused-ring (bicyclic) bond motifs is 1. The third-order valence-electron chi connectivity index (χ3n) is 5.51. The molecule has 3 heterocycles. The predicted octanol–water partition coefficient (Wildman–Crippen LogP) is 1.12. The van der Waals surface area contributed by atoms with Crippen LogP contribution in [0, 0.1) is 12.8 Å². The Morgan fingerprint density at radius 3 is 2.86 bits per heavy atom. The van der Waals surface area contributed by atoms with E-state index in [0.717, 1.165) is 44.8 Å². The largest absolute Gasteiger partial charge is 0.390 e. The second-order valence-corrected chi connectivity index (χ2v) is 8.02. The molecule has 154 valence electrons. The molecule has 0 aliphatic carbocycles. The summed E-state index contributed by atoms with van der Waals surface area (Å²) in [5.41, 5.74) is 3.92. The minimum Gasteiger partial charge on any atom is -0.390 e. The van der Waals surface area contributed by atoms with E-state index in [-0.39, 0.29) is 12.5 Å². The lowest BCUT2D eigenvalue weighted by Crippen LogP contribution is -2.42. The molecule has 29 heavy (non-hydrogen) atoms. The second kappa shape index (κ2) is 8.98. The number of aryl methyl sites for hydroxylation is 1. The van der Waals surface area contributed by atoms with Crippen LogP contribution in [-0.2, 0) is 24.1 Å². The molecule has 2 aliphatic rings. The normalized spacial score (nSPS) is 18.0. The van der Waals surface area contributed by atoms with Crippen molar-refractivity contribution in [2.75, 3.05) is 32.8 Å². The average molecular weight is 396 g/mol. The Bertz CT molecular complexity index is 869. The van der Waals surface area contributed by atoms with Gasteiger partial charge < -0.3 is 15.2 Å². The highest BCUT2D eigenvalue weighted by Crippen LogP contribution is 2.18. The summed E-state index contributed by atoms with van der Waals surface area (Å²) < 4.78 is 5.21. The van der Waals surface area contributed by atoms with Gasteiger partial charge in [0.1, 0.15) is 11.5 Å². The SMILES string of the molecule is Cc1nc(CC2COC2)cc(C(=O)NC[C@H](O)CN2CCc3ccccc3C2)n1. The Labute approximate surface area is 171 Å². The van der Waals surface area contributed by atoms with Gasteiger partial charge >= 0.3 is 0 Å². The zero-order valence-corrected chi connectivity index (χ0v) is 16.8. The van der Waals surface area contributed by atoms with Crippen molar-refractivity contribution >= 4 is 5.91 Å². The highest BCUT2D eigenvalue weighted by Gasteiger charge is 2.22. The lowest BCUT2D eigenvalue weighted by molar-refractivity contribution is -0.0316. The van der Waals surface area contributed by atoms with Crippen molar-refractivity contribution in [1.29, 1.82) is 0 Å². The maximum absolute atomic E-state index is 12.5. The molecule has 7 heteroatoms. The van der Waals surface area contributed by atoms with E-state index >= 15 is 0 Å². The molecule has 0 bridgehead atoms. The highest BCUT2D eigenvalue weighted by molar-refractivity contribution is 5.92. The molecule has 0 unspecified atom stereocenters. The van der Waals surface area contributed by atoms with Crippen LogP contribution in [0.1, 0.15) is 33.1 Å². The first-order valence-corrected chi connectivity index (χ1v) is 10.2. The van der Waals surface area contributed by atoms with E-state index in [1.54, 1.807) is 13.0 Å². The fourth-order valence-corrected chi connectivity index (χ4v) is 3.92. The zero-order valence-electron chi connectivity index (χ0n) is 16.8. The van der Waals surface area contributed by atoms with Gasteiger partial charge in [0.2, 0.25) is 0 Å². The summed E-state index contributed by atoms with van der Waals surface area (Å²) in [5.74, 6) is 0.779. The average Bonchev–Trinajstić information content (AvgIpc) is 2.68. The number of hydrogen-bond acceptors (Lipinski definition) is 6. The quantitative estimate of drug-likeness (QED) is 0.729. The number of nitrogens with zero attached hydrogens (tertiary/aromatic N) is 3. The smallest absolute Gasteiger partial charge is 0.270 e.